The molecule has 142 valence electrons. The summed E-state index contributed by atoms with van der Waals surface area (Å²) in [4.78, 5) is 36.6. The smallest absolute Gasteiger partial charge is 0.407 e. The van der Waals surface area contributed by atoms with Gasteiger partial charge in [-0.15, -0.1) is 0 Å². The molecule has 2 amide bonds. The third kappa shape index (κ3) is 5.44. The number of alkyl carbamates (subject to hydrolysis) is 1. The van der Waals surface area contributed by atoms with E-state index in [0.29, 0.717) is 18.7 Å². The van der Waals surface area contributed by atoms with Crippen LogP contribution in [0, 0.1) is 10.1 Å². The molecule has 0 aromatic heterocycles. The molecule has 0 radical (unpaired) electrons. The SMILES string of the molecule is CC(C)(C)OC(=O)NCC1CCCCN1C(=O)c1ccc([N+](=O)[O-])cc1. The molecule has 1 heterocycles. The molecule has 1 aromatic rings. The summed E-state index contributed by atoms with van der Waals surface area (Å²) < 4.78 is 5.23. The first-order valence-electron chi connectivity index (χ1n) is 8.69. The van der Waals surface area contributed by atoms with Gasteiger partial charge < -0.3 is 15.0 Å². The average molecular weight is 363 g/mol. The van der Waals surface area contributed by atoms with Crippen molar-refractivity contribution in [2.75, 3.05) is 13.1 Å². The number of nitrogens with one attached hydrogen (secondary N) is 1. The molecule has 1 atom stereocenters. The third-order valence-corrected chi connectivity index (χ3v) is 4.09. The van der Waals surface area contributed by atoms with E-state index in [1.165, 1.54) is 24.3 Å². The zero-order chi connectivity index (χ0) is 19.3. The molecule has 2 rings (SSSR count). The van der Waals surface area contributed by atoms with Crippen LogP contribution in [0.15, 0.2) is 24.3 Å². The molecule has 0 saturated carbocycles. The Morgan fingerprint density at radius 1 is 1.27 bits per heavy atom. The third-order valence-electron chi connectivity index (χ3n) is 4.09. The Kier molecular flexibility index (Phi) is 6.18. The average Bonchev–Trinajstić information content (AvgIpc) is 2.58. The Balaban J connectivity index is 2.02. The number of rotatable bonds is 4. The van der Waals surface area contributed by atoms with Gasteiger partial charge in [-0.1, -0.05) is 0 Å². The van der Waals surface area contributed by atoms with Crippen molar-refractivity contribution in [3.05, 3.63) is 39.9 Å². The van der Waals surface area contributed by atoms with E-state index in [0.717, 1.165) is 19.3 Å². The first kappa shape index (κ1) is 19.7. The van der Waals surface area contributed by atoms with Gasteiger partial charge in [-0.3, -0.25) is 14.9 Å². The summed E-state index contributed by atoms with van der Waals surface area (Å²) in [5.41, 5.74) is -0.228. The Morgan fingerprint density at radius 2 is 1.92 bits per heavy atom. The van der Waals surface area contributed by atoms with Gasteiger partial charge in [-0.2, -0.15) is 0 Å². The maximum Gasteiger partial charge on any atom is 0.407 e. The summed E-state index contributed by atoms with van der Waals surface area (Å²) in [6, 6.07) is 5.45. The number of nitro benzene ring substituents is 1. The number of ether oxygens (including phenoxy) is 1. The maximum atomic E-state index is 12.8. The van der Waals surface area contributed by atoms with Crippen molar-refractivity contribution < 1.29 is 19.2 Å². The van der Waals surface area contributed by atoms with Crippen molar-refractivity contribution >= 4 is 17.7 Å². The van der Waals surface area contributed by atoms with Crippen LogP contribution < -0.4 is 5.32 Å². The number of non-ortho nitro benzene ring substituents is 1. The fourth-order valence-corrected chi connectivity index (χ4v) is 2.89. The van der Waals surface area contributed by atoms with Crippen molar-refractivity contribution in [1.82, 2.24) is 10.2 Å². The highest BCUT2D eigenvalue weighted by molar-refractivity contribution is 5.94. The summed E-state index contributed by atoms with van der Waals surface area (Å²) in [6.07, 6.45) is 2.15. The Morgan fingerprint density at radius 3 is 2.50 bits per heavy atom. The first-order chi connectivity index (χ1) is 12.2. The van der Waals surface area contributed by atoms with Gasteiger partial charge in [0, 0.05) is 36.8 Å². The van der Waals surface area contributed by atoms with Crippen LogP contribution >= 0.6 is 0 Å². The number of likely N-dealkylation sites (tertiary alicyclic amines) is 1. The highest BCUT2D eigenvalue weighted by Crippen LogP contribution is 2.21. The monoisotopic (exact) mass is 363 g/mol. The van der Waals surface area contributed by atoms with Crippen LogP contribution in [-0.4, -0.2) is 46.6 Å². The van der Waals surface area contributed by atoms with Gasteiger partial charge in [0.25, 0.3) is 11.6 Å². The highest BCUT2D eigenvalue weighted by atomic mass is 16.6. The molecular weight excluding hydrogens is 338 g/mol. The van der Waals surface area contributed by atoms with E-state index in [2.05, 4.69) is 5.32 Å². The molecule has 1 saturated heterocycles. The van der Waals surface area contributed by atoms with Crippen LogP contribution in [0.4, 0.5) is 10.5 Å². The molecule has 1 N–H and O–H groups in total. The standard InChI is InChI=1S/C18H25N3O5/c1-18(2,3)26-17(23)19-12-15-6-4-5-11-20(15)16(22)13-7-9-14(10-8-13)21(24)25/h7-10,15H,4-6,11-12H2,1-3H3,(H,19,23). The topological polar surface area (TPSA) is 102 Å². The predicted octanol–water partition coefficient (Wildman–Crippen LogP) is 3.11. The Labute approximate surface area is 152 Å². The van der Waals surface area contributed by atoms with E-state index >= 15 is 0 Å². The fraction of sp³-hybridized carbons (Fsp3) is 0.556. The summed E-state index contributed by atoms with van der Waals surface area (Å²) >= 11 is 0. The van der Waals surface area contributed by atoms with Crippen LogP contribution in [0.5, 0.6) is 0 Å². The minimum Gasteiger partial charge on any atom is -0.444 e. The molecule has 8 nitrogen and oxygen atoms in total. The second kappa shape index (κ2) is 8.16. The fourth-order valence-electron chi connectivity index (χ4n) is 2.89. The molecule has 1 unspecified atom stereocenters. The minimum absolute atomic E-state index is 0.0525. The quantitative estimate of drug-likeness (QED) is 0.654. The molecule has 0 bridgehead atoms. The lowest BCUT2D eigenvalue weighted by Crippen LogP contribution is -2.50. The highest BCUT2D eigenvalue weighted by Gasteiger charge is 2.28. The second-order valence-corrected chi connectivity index (χ2v) is 7.33. The molecule has 1 aromatic carbocycles. The molecular formula is C18H25N3O5. The van der Waals surface area contributed by atoms with Gasteiger partial charge in [-0.25, -0.2) is 4.79 Å². The molecule has 1 aliphatic heterocycles. The van der Waals surface area contributed by atoms with Crippen LogP contribution in [0.2, 0.25) is 0 Å². The summed E-state index contributed by atoms with van der Waals surface area (Å²) in [6.45, 7) is 6.27. The number of carbonyl (C=O) groups is 2. The number of piperidine rings is 1. The van der Waals surface area contributed by atoms with Gasteiger partial charge in [0.2, 0.25) is 0 Å². The van der Waals surface area contributed by atoms with E-state index in [1.54, 1.807) is 25.7 Å². The number of hydrogen-bond acceptors (Lipinski definition) is 5. The largest absolute Gasteiger partial charge is 0.444 e. The van der Waals surface area contributed by atoms with Crippen LogP contribution in [0.25, 0.3) is 0 Å². The van der Waals surface area contributed by atoms with Crippen molar-refractivity contribution in [3.63, 3.8) is 0 Å². The van der Waals surface area contributed by atoms with Crippen LogP contribution in [0.3, 0.4) is 0 Å². The zero-order valence-electron chi connectivity index (χ0n) is 15.4. The lowest BCUT2D eigenvalue weighted by atomic mass is 10.0. The molecule has 8 heteroatoms. The van der Waals surface area contributed by atoms with E-state index < -0.39 is 16.6 Å². The van der Waals surface area contributed by atoms with Crippen molar-refractivity contribution in [2.45, 2.75) is 51.7 Å². The van der Waals surface area contributed by atoms with Gasteiger partial charge >= 0.3 is 6.09 Å². The van der Waals surface area contributed by atoms with Gasteiger partial charge in [0.1, 0.15) is 5.60 Å². The second-order valence-electron chi connectivity index (χ2n) is 7.33. The normalized spacial score (nSPS) is 17.5. The van der Waals surface area contributed by atoms with Crippen molar-refractivity contribution in [3.8, 4) is 0 Å². The maximum absolute atomic E-state index is 12.8. The van der Waals surface area contributed by atoms with Crippen molar-refractivity contribution in [2.24, 2.45) is 0 Å². The number of nitrogens with zero attached hydrogens (tertiary/aromatic N) is 2. The van der Waals surface area contributed by atoms with Gasteiger partial charge in [-0.05, 0) is 52.2 Å². The van der Waals surface area contributed by atoms with E-state index in [1.807, 2.05) is 0 Å². The summed E-state index contributed by atoms with van der Waals surface area (Å²) in [5.74, 6) is -0.185. The van der Waals surface area contributed by atoms with E-state index in [-0.39, 0.29) is 17.6 Å². The predicted molar refractivity (Wildman–Crippen MR) is 96.0 cm³/mol. The molecule has 0 aliphatic carbocycles. The van der Waals surface area contributed by atoms with Gasteiger partial charge in [0.05, 0.1) is 4.92 Å². The zero-order valence-corrected chi connectivity index (χ0v) is 15.4. The Hall–Kier alpha value is -2.64. The van der Waals surface area contributed by atoms with E-state index in [9.17, 15) is 19.7 Å². The number of nitro groups is 1. The lowest BCUT2D eigenvalue weighted by molar-refractivity contribution is -0.384. The first-order valence-corrected chi connectivity index (χ1v) is 8.69. The molecule has 0 spiro atoms. The summed E-state index contributed by atoms with van der Waals surface area (Å²) in [5, 5.41) is 13.5. The lowest BCUT2D eigenvalue weighted by Gasteiger charge is -2.36. The summed E-state index contributed by atoms with van der Waals surface area (Å²) in [7, 11) is 0. The van der Waals surface area contributed by atoms with Crippen molar-refractivity contribution in [1.29, 1.82) is 0 Å². The Bertz CT molecular complexity index is 666. The molecule has 1 fully saturated rings. The van der Waals surface area contributed by atoms with Crippen LogP contribution in [0.1, 0.15) is 50.4 Å². The molecule has 26 heavy (non-hydrogen) atoms. The van der Waals surface area contributed by atoms with E-state index in [4.69, 9.17) is 4.74 Å². The van der Waals surface area contributed by atoms with Crippen LogP contribution in [-0.2, 0) is 4.74 Å². The number of carbonyl (C=O) groups excluding carboxylic acids is 2. The number of hydrogen-bond donors (Lipinski definition) is 1. The van der Waals surface area contributed by atoms with Gasteiger partial charge in [0.15, 0.2) is 0 Å². The minimum atomic E-state index is -0.578. The number of amides is 2. The number of benzene rings is 1. The molecule has 1 aliphatic rings.